The number of hydrogen-bond acceptors (Lipinski definition) is 4. The van der Waals surface area contributed by atoms with E-state index in [9.17, 15) is 27.6 Å². The van der Waals surface area contributed by atoms with Gasteiger partial charge in [0.1, 0.15) is 19.7 Å². The molecule has 4 N–H and O–H groups in total. The number of carbonyl (C=O) groups is 3. The van der Waals surface area contributed by atoms with Gasteiger partial charge in [0.05, 0.1) is 6.61 Å². The molecule has 0 saturated carbocycles. The summed E-state index contributed by atoms with van der Waals surface area (Å²) in [5, 5.41) is 10.6. The molecular weight excluding hydrogens is 287 g/mol. The van der Waals surface area contributed by atoms with E-state index in [1.54, 1.807) is 0 Å². The number of urea groups is 1. The lowest BCUT2D eigenvalue weighted by Gasteiger charge is -2.19. The highest BCUT2D eigenvalue weighted by Crippen LogP contribution is 2.13. The highest BCUT2D eigenvalue weighted by atomic mass is 19.4. The van der Waals surface area contributed by atoms with Gasteiger partial charge < -0.3 is 25.8 Å². The van der Waals surface area contributed by atoms with Crippen LogP contribution in [0.4, 0.5) is 18.0 Å². The number of ether oxygens (including phenoxy) is 1. The second kappa shape index (κ2) is 8.19. The van der Waals surface area contributed by atoms with Gasteiger partial charge in [0, 0.05) is 6.54 Å². The minimum Gasteiger partial charge on any atom is -0.480 e. The van der Waals surface area contributed by atoms with Crippen molar-refractivity contribution >= 4 is 17.9 Å². The first-order valence-electron chi connectivity index (χ1n) is 5.29. The number of amides is 3. The molecule has 8 nitrogen and oxygen atoms in total. The Kier molecular flexibility index (Phi) is 7.36. The van der Waals surface area contributed by atoms with Gasteiger partial charge in [0.25, 0.3) is 0 Å². The standard InChI is InChI=1S/C9H14F3N3O5/c10-9(11,12)5-20-2-1-14-8(19)15(3-6(13)16)4-7(17)18/h1-5H2,(H2,13,16)(H,14,19)(H,17,18). The van der Waals surface area contributed by atoms with E-state index in [0.29, 0.717) is 4.90 Å². The van der Waals surface area contributed by atoms with Gasteiger partial charge in [0.15, 0.2) is 0 Å². The minimum atomic E-state index is -4.47. The Morgan fingerprint density at radius 2 is 1.85 bits per heavy atom. The molecule has 0 aromatic rings. The number of aliphatic carboxylic acids is 1. The van der Waals surface area contributed by atoms with Crippen molar-refractivity contribution in [2.45, 2.75) is 6.18 Å². The highest BCUT2D eigenvalue weighted by Gasteiger charge is 2.27. The Bertz CT molecular complexity index is 345. The number of alkyl halides is 3. The molecule has 0 radical (unpaired) electrons. The zero-order chi connectivity index (χ0) is 15.8. The van der Waals surface area contributed by atoms with Gasteiger partial charge >= 0.3 is 18.2 Å². The van der Waals surface area contributed by atoms with Crippen LogP contribution < -0.4 is 11.1 Å². The number of nitrogens with two attached hydrogens (primary N) is 1. The number of halogens is 3. The molecule has 0 unspecified atom stereocenters. The number of carboxylic acids is 1. The van der Waals surface area contributed by atoms with E-state index >= 15 is 0 Å². The third-order valence-electron chi connectivity index (χ3n) is 1.75. The van der Waals surface area contributed by atoms with Gasteiger partial charge in [-0.2, -0.15) is 13.2 Å². The quantitative estimate of drug-likeness (QED) is 0.504. The lowest BCUT2D eigenvalue weighted by molar-refractivity contribution is -0.173. The Balaban J connectivity index is 4.07. The molecule has 0 fully saturated rings. The molecule has 20 heavy (non-hydrogen) atoms. The molecule has 0 aliphatic rings. The van der Waals surface area contributed by atoms with Gasteiger partial charge in [-0.25, -0.2) is 4.79 Å². The first-order valence-corrected chi connectivity index (χ1v) is 5.29. The molecule has 0 rings (SSSR count). The van der Waals surface area contributed by atoms with Gasteiger partial charge in [-0.1, -0.05) is 0 Å². The highest BCUT2D eigenvalue weighted by molar-refractivity contribution is 5.85. The SMILES string of the molecule is NC(=O)CN(CC(=O)O)C(=O)NCCOCC(F)(F)F. The Hall–Kier alpha value is -2.04. The number of primary amides is 1. The lowest BCUT2D eigenvalue weighted by Crippen LogP contribution is -2.47. The number of nitrogens with zero attached hydrogens (tertiary/aromatic N) is 1. The fourth-order valence-corrected chi connectivity index (χ4v) is 1.08. The van der Waals surface area contributed by atoms with Crippen molar-refractivity contribution in [3.05, 3.63) is 0 Å². The van der Waals surface area contributed by atoms with Crippen LogP contribution in [0.25, 0.3) is 0 Å². The summed E-state index contributed by atoms with van der Waals surface area (Å²) in [6, 6.07) is -0.943. The zero-order valence-corrected chi connectivity index (χ0v) is 10.3. The van der Waals surface area contributed by atoms with Crippen LogP contribution >= 0.6 is 0 Å². The van der Waals surface area contributed by atoms with Crippen LogP contribution in [0.2, 0.25) is 0 Å². The van der Waals surface area contributed by atoms with Gasteiger partial charge in [-0.3, -0.25) is 9.59 Å². The van der Waals surface area contributed by atoms with E-state index < -0.39 is 50.4 Å². The average Bonchev–Trinajstić information content (AvgIpc) is 2.24. The summed E-state index contributed by atoms with van der Waals surface area (Å²) in [4.78, 5) is 33.1. The van der Waals surface area contributed by atoms with Crippen LogP contribution in [0.15, 0.2) is 0 Å². The van der Waals surface area contributed by atoms with Crippen molar-refractivity contribution < 1.29 is 37.4 Å². The van der Waals surface area contributed by atoms with Crippen LogP contribution in [-0.4, -0.2) is 66.9 Å². The third kappa shape index (κ3) is 9.94. The molecule has 0 atom stereocenters. The lowest BCUT2D eigenvalue weighted by atomic mass is 10.4. The number of nitrogens with one attached hydrogen (secondary N) is 1. The second-order valence-electron chi connectivity index (χ2n) is 3.62. The van der Waals surface area contributed by atoms with Crippen molar-refractivity contribution in [2.75, 3.05) is 32.8 Å². The zero-order valence-electron chi connectivity index (χ0n) is 10.3. The third-order valence-corrected chi connectivity index (χ3v) is 1.75. The number of hydrogen-bond donors (Lipinski definition) is 3. The fourth-order valence-electron chi connectivity index (χ4n) is 1.08. The van der Waals surface area contributed by atoms with Gasteiger partial charge in [-0.15, -0.1) is 0 Å². The summed E-state index contributed by atoms with van der Waals surface area (Å²) >= 11 is 0. The van der Waals surface area contributed by atoms with E-state index in [2.05, 4.69) is 10.1 Å². The van der Waals surface area contributed by atoms with Crippen LogP contribution in [0.1, 0.15) is 0 Å². The predicted octanol–water partition coefficient (Wildman–Crippen LogP) is -0.853. The number of rotatable bonds is 8. The van der Waals surface area contributed by atoms with E-state index in [1.165, 1.54) is 0 Å². The molecule has 0 saturated heterocycles. The summed E-state index contributed by atoms with van der Waals surface area (Å²) in [5.41, 5.74) is 4.83. The summed E-state index contributed by atoms with van der Waals surface area (Å²) < 4.78 is 39.4. The van der Waals surface area contributed by atoms with E-state index in [0.717, 1.165) is 0 Å². The molecule has 0 aliphatic carbocycles. The van der Waals surface area contributed by atoms with E-state index in [4.69, 9.17) is 10.8 Å². The van der Waals surface area contributed by atoms with Crippen LogP contribution in [0.3, 0.4) is 0 Å². The van der Waals surface area contributed by atoms with Crippen molar-refractivity contribution in [2.24, 2.45) is 5.73 Å². The number of carboxylic acid groups (broad SMARTS) is 1. The van der Waals surface area contributed by atoms with Crippen LogP contribution in [-0.2, 0) is 14.3 Å². The summed E-state index contributed by atoms with van der Waals surface area (Å²) in [6.45, 7) is -3.53. The first kappa shape index (κ1) is 18.0. The first-order chi connectivity index (χ1) is 9.11. The normalized spacial score (nSPS) is 10.9. The molecule has 116 valence electrons. The molecule has 0 aliphatic heterocycles. The minimum absolute atomic E-state index is 0.274. The van der Waals surface area contributed by atoms with Crippen molar-refractivity contribution in [1.82, 2.24) is 10.2 Å². The maximum absolute atomic E-state index is 11.7. The smallest absolute Gasteiger partial charge is 0.411 e. The molecule has 11 heteroatoms. The summed E-state index contributed by atoms with van der Waals surface area (Å²) in [7, 11) is 0. The largest absolute Gasteiger partial charge is 0.480 e. The fraction of sp³-hybridized carbons (Fsp3) is 0.667. The maximum atomic E-state index is 11.7. The Morgan fingerprint density at radius 3 is 2.30 bits per heavy atom. The van der Waals surface area contributed by atoms with Crippen LogP contribution in [0.5, 0.6) is 0 Å². The average molecular weight is 301 g/mol. The van der Waals surface area contributed by atoms with Crippen LogP contribution in [0, 0.1) is 0 Å². The Morgan fingerprint density at radius 1 is 1.25 bits per heavy atom. The molecule has 0 aromatic heterocycles. The molecule has 0 heterocycles. The molecular formula is C9H14F3N3O5. The Labute approximate surface area is 111 Å². The van der Waals surface area contributed by atoms with Gasteiger partial charge in [0.2, 0.25) is 5.91 Å². The predicted molar refractivity (Wildman–Crippen MR) is 58.7 cm³/mol. The topological polar surface area (TPSA) is 122 Å². The van der Waals surface area contributed by atoms with Gasteiger partial charge in [-0.05, 0) is 0 Å². The molecule has 0 bridgehead atoms. The number of carbonyl (C=O) groups excluding carboxylic acids is 2. The summed E-state index contributed by atoms with van der Waals surface area (Å²) in [6.07, 6.45) is -4.47. The monoisotopic (exact) mass is 301 g/mol. The van der Waals surface area contributed by atoms with Crippen molar-refractivity contribution in [3.63, 3.8) is 0 Å². The molecule has 0 aromatic carbocycles. The van der Waals surface area contributed by atoms with E-state index in [-0.39, 0.29) is 6.54 Å². The second-order valence-corrected chi connectivity index (χ2v) is 3.62. The van der Waals surface area contributed by atoms with Crippen molar-refractivity contribution in [1.29, 1.82) is 0 Å². The van der Waals surface area contributed by atoms with E-state index in [1.807, 2.05) is 0 Å². The molecule has 0 spiro atoms. The molecule has 3 amide bonds. The van der Waals surface area contributed by atoms with Crippen molar-refractivity contribution in [3.8, 4) is 0 Å². The summed E-state index contributed by atoms with van der Waals surface area (Å²) in [5.74, 6) is -2.29. The maximum Gasteiger partial charge on any atom is 0.411 e.